The number of nitrogens with zero attached hydrogens (tertiary/aromatic N) is 2. The van der Waals surface area contributed by atoms with Gasteiger partial charge in [-0.15, -0.1) is 0 Å². The van der Waals surface area contributed by atoms with Crippen LogP contribution in [-0.2, 0) is 0 Å². The van der Waals surface area contributed by atoms with E-state index in [1.807, 2.05) is 12.1 Å². The molecule has 2 saturated heterocycles. The average Bonchev–Trinajstić information content (AvgIpc) is 2.47. The molecule has 3 rings (SSSR count). The second kappa shape index (κ2) is 6.15. The molecule has 0 amide bonds. The fourth-order valence-corrected chi connectivity index (χ4v) is 4.22. The molecule has 0 bridgehead atoms. The highest BCUT2D eigenvalue weighted by atomic mass is 35.5. The monoisotopic (exact) mass is 308 g/mol. The zero-order valence-corrected chi connectivity index (χ0v) is 13.7. The predicted octanol–water partition coefficient (Wildman–Crippen LogP) is 3.31. The van der Waals surface area contributed by atoms with E-state index in [0.717, 1.165) is 41.3 Å². The Hall–Kier alpha value is -0.770. The molecular formula is C17H25ClN2O. The van der Waals surface area contributed by atoms with Gasteiger partial charge < -0.3 is 14.9 Å². The Morgan fingerprint density at radius 3 is 2.81 bits per heavy atom. The summed E-state index contributed by atoms with van der Waals surface area (Å²) in [5, 5.41) is 10.4. The summed E-state index contributed by atoms with van der Waals surface area (Å²) in [5.41, 5.74) is 2.00. The molecule has 3 atom stereocenters. The van der Waals surface area contributed by atoms with Gasteiger partial charge in [-0.3, -0.25) is 0 Å². The Kier molecular flexibility index (Phi) is 4.43. The van der Waals surface area contributed by atoms with Crippen LogP contribution < -0.4 is 4.90 Å². The van der Waals surface area contributed by atoms with Crippen LogP contribution >= 0.6 is 11.6 Å². The first-order valence-corrected chi connectivity index (χ1v) is 8.36. The van der Waals surface area contributed by atoms with E-state index >= 15 is 0 Å². The van der Waals surface area contributed by atoms with Crippen LogP contribution in [0.15, 0.2) is 18.2 Å². The number of hydrogen-bond donors (Lipinski definition) is 1. The fourth-order valence-electron chi connectivity index (χ4n) is 3.91. The Bertz CT molecular complexity index is 506. The fraction of sp³-hybridized carbons (Fsp3) is 0.647. The molecular weight excluding hydrogens is 284 g/mol. The lowest BCUT2D eigenvalue weighted by atomic mass is 9.84. The maximum Gasteiger partial charge on any atom is 0.0762 e. The van der Waals surface area contributed by atoms with Gasteiger partial charge in [0, 0.05) is 19.1 Å². The molecule has 0 spiro atoms. The van der Waals surface area contributed by atoms with Crippen molar-refractivity contribution in [2.45, 2.75) is 38.3 Å². The van der Waals surface area contributed by atoms with Crippen molar-refractivity contribution in [3.8, 4) is 0 Å². The largest absolute Gasteiger partial charge is 0.389 e. The molecule has 116 valence electrons. The number of fused-ring (bicyclic) bond motifs is 1. The van der Waals surface area contributed by atoms with E-state index in [9.17, 15) is 5.11 Å². The molecule has 0 aromatic heterocycles. The molecule has 0 radical (unpaired) electrons. The van der Waals surface area contributed by atoms with E-state index < -0.39 is 6.10 Å². The quantitative estimate of drug-likeness (QED) is 0.908. The topological polar surface area (TPSA) is 26.7 Å². The highest BCUT2D eigenvalue weighted by Crippen LogP contribution is 2.35. The van der Waals surface area contributed by atoms with Crippen molar-refractivity contribution in [1.29, 1.82) is 0 Å². The SMILES string of the molecule is C[C@H](O)c1ccc(N2CCC3C(CCCN3C)C2)c(Cl)c1. The first-order valence-electron chi connectivity index (χ1n) is 7.99. The van der Waals surface area contributed by atoms with Crippen LogP contribution in [0.5, 0.6) is 0 Å². The van der Waals surface area contributed by atoms with E-state index in [1.54, 1.807) is 6.92 Å². The van der Waals surface area contributed by atoms with Crippen molar-refractivity contribution in [3.63, 3.8) is 0 Å². The predicted molar refractivity (Wildman–Crippen MR) is 88.1 cm³/mol. The maximum absolute atomic E-state index is 9.66. The Labute approximate surface area is 132 Å². The molecule has 1 aromatic rings. The summed E-state index contributed by atoms with van der Waals surface area (Å²) in [4.78, 5) is 4.96. The molecule has 3 nitrogen and oxygen atoms in total. The first kappa shape index (κ1) is 15.1. The smallest absolute Gasteiger partial charge is 0.0762 e. The van der Waals surface area contributed by atoms with Crippen molar-refractivity contribution in [2.24, 2.45) is 5.92 Å². The molecule has 2 fully saturated rings. The molecule has 2 heterocycles. The number of hydrogen-bond acceptors (Lipinski definition) is 3. The van der Waals surface area contributed by atoms with Gasteiger partial charge in [-0.2, -0.15) is 0 Å². The first-order chi connectivity index (χ1) is 10.1. The number of aliphatic hydroxyl groups is 1. The second-order valence-electron chi connectivity index (χ2n) is 6.57. The van der Waals surface area contributed by atoms with Gasteiger partial charge in [0.25, 0.3) is 0 Å². The number of piperidine rings is 2. The molecule has 2 aliphatic heterocycles. The van der Waals surface area contributed by atoms with Gasteiger partial charge in [0.15, 0.2) is 0 Å². The minimum Gasteiger partial charge on any atom is -0.389 e. The van der Waals surface area contributed by atoms with Gasteiger partial charge >= 0.3 is 0 Å². The van der Waals surface area contributed by atoms with Gasteiger partial charge in [0.1, 0.15) is 0 Å². The van der Waals surface area contributed by atoms with Crippen LogP contribution in [0.4, 0.5) is 5.69 Å². The molecule has 0 aliphatic carbocycles. The third-order valence-corrected chi connectivity index (χ3v) is 5.44. The van der Waals surface area contributed by atoms with Crippen LogP contribution in [0, 0.1) is 5.92 Å². The van der Waals surface area contributed by atoms with Gasteiger partial charge in [-0.1, -0.05) is 17.7 Å². The minimum absolute atomic E-state index is 0.464. The summed E-state index contributed by atoms with van der Waals surface area (Å²) in [7, 11) is 2.26. The highest BCUT2D eigenvalue weighted by Gasteiger charge is 2.34. The van der Waals surface area contributed by atoms with Crippen LogP contribution in [-0.4, -0.2) is 42.7 Å². The van der Waals surface area contributed by atoms with Gasteiger partial charge in [-0.05, 0) is 63.4 Å². The number of rotatable bonds is 2. The summed E-state index contributed by atoms with van der Waals surface area (Å²) in [5.74, 6) is 0.755. The lowest BCUT2D eigenvalue weighted by Crippen LogP contribution is -2.52. The van der Waals surface area contributed by atoms with Gasteiger partial charge in [0.2, 0.25) is 0 Å². The standard InChI is InChI=1S/C17H25ClN2O/c1-12(21)13-5-6-17(15(18)10-13)20-9-7-16-14(11-20)4-3-8-19(16)2/h5-6,10,12,14,16,21H,3-4,7-9,11H2,1-2H3/t12-,14?,16?/m0/s1. The van der Waals surface area contributed by atoms with Crippen molar-refractivity contribution in [3.05, 3.63) is 28.8 Å². The summed E-state index contributed by atoms with van der Waals surface area (Å²) < 4.78 is 0. The number of aliphatic hydroxyl groups excluding tert-OH is 1. The number of halogens is 1. The molecule has 4 heteroatoms. The van der Waals surface area contributed by atoms with E-state index in [-0.39, 0.29) is 0 Å². The van der Waals surface area contributed by atoms with Crippen molar-refractivity contribution in [1.82, 2.24) is 4.90 Å². The highest BCUT2D eigenvalue weighted by molar-refractivity contribution is 6.33. The van der Waals surface area contributed by atoms with Crippen molar-refractivity contribution in [2.75, 3.05) is 31.6 Å². The lowest BCUT2D eigenvalue weighted by Gasteiger charge is -2.46. The average molecular weight is 309 g/mol. The van der Waals surface area contributed by atoms with Crippen LogP contribution in [0.3, 0.4) is 0 Å². The normalized spacial score (nSPS) is 28.3. The van der Waals surface area contributed by atoms with Crippen LogP contribution in [0.25, 0.3) is 0 Å². The Balaban J connectivity index is 1.76. The zero-order chi connectivity index (χ0) is 15.0. The lowest BCUT2D eigenvalue weighted by molar-refractivity contribution is 0.102. The number of anilines is 1. The summed E-state index contributed by atoms with van der Waals surface area (Å²) >= 11 is 6.45. The molecule has 21 heavy (non-hydrogen) atoms. The van der Waals surface area contributed by atoms with E-state index in [1.165, 1.54) is 25.8 Å². The summed E-state index contributed by atoms with van der Waals surface area (Å²) in [6, 6.07) is 6.70. The third-order valence-electron chi connectivity index (χ3n) is 5.14. The van der Waals surface area contributed by atoms with E-state index in [2.05, 4.69) is 22.9 Å². The Morgan fingerprint density at radius 1 is 1.29 bits per heavy atom. The summed E-state index contributed by atoms with van der Waals surface area (Å²) in [6.07, 6.45) is 3.39. The number of likely N-dealkylation sites (tertiary alicyclic amines) is 1. The third kappa shape index (κ3) is 3.05. The van der Waals surface area contributed by atoms with Crippen molar-refractivity contribution < 1.29 is 5.11 Å². The molecule has 1 aromatic carbocycles. The second-order valence-corrected chi connectivity index (χ2v) is 6.98. The molecule has 0 saturated carbocycles. The van der Waals surface area contributed by atoms with Crippen LogP contribution in [0.1, 0.15) is 37.9 Å². The number of benzene rings is 1. The Morgan fingerprint density at radius 2 is 2.10 bits per heavy atom. The maximum atomic E-state index is 9.66. The van der Waals surface area contributed by atoms with E-state index in [4.69, 9.17) is 11.6 Å². The minimum atomic E-state index is -0.464. The molecule has 2 aliphatic rings. The molecule has 1 N–H and O–H groups in total. The zero-order valence-electron chi connectivity index (χ0n) is 12.9. The van der Waals surface area contributed by atoms with E-state index in [0.29, 0.717) is 0 Å². The van der Waals surface area contributed by atoms with Crippen molar-refractivity contribution >= 4 is 17.3 Å². The van der Waals surface area contributed by atoms with Gasteiger partial charge in [0.05, 0.1) is 16.8 Å². The summed E-state index contributed by atoms with van der Waals surface area (Å²) in [6.45, 7) is 5.18. The van der Waals surface area contributed by atoms with Crippen LogP contribution in [0.2, 0.25) is 5.02 Å². The van der Waals surface area contributed by atoms with Gasteiger partial charge in [-0.25, -0.2) is 0 Å². The molecule has 2 unspecified atom stereocenters.